The largest absolute Gasteiger partial charge is 0.484 e. The maximum Gasteiger partial charge on any atom is 0.258 e. The molecule has 2 aromatic carbocycles. The van der Waals surface area contributed by atoms with E-state index in [2.05, 4.69) is 21.1 Å². The van der Waals surface area contributed by atoms with Gasteiger partial charge in [0.15, 0.2) is 6.61 Å². The minimum atomic E-state index is -1.31. The number of aromatic nitrogens is 1. The number of hydrogen-bond donors (Lipinski definition) is 4. The van der Waals surface area contributed by atoms with Crippen LogP contribution < -0.4 is 20.7 Å². The van der Waals surface area contributed by atoms with E-state index in [9.17, 15) is 29.1 Å². The summed E-state index contributed by atoms with van der Waals surface area (Å²) in [5.74, 6) is -1.77. The van der Waals surface area contributed by atoms with Gasteiger partial charge in [-0.1, -0.05) is 47.6 Å². The molecule has 1 aliphatic carbocycles. The van der Waals surface area contributed by atoms with Crippen molar-refractivity contribution < 1.29 is 38.3 Å². The van der Waals surface area contributed by atoms with Gasteiger partial charge >= 0.3 is 0 Å². The Balaban J connectivity index is 1.32. The highest BCUT2D eigenvalue weighted by Gasteiger charge is 2.40. The zero-order valence-electron chi connectivity index (χ0n) is 28.7. The minimum absolute atomic E-state index is 0.00269. The van der Waals surface area contributed by atoms with Crippen LogP contribution in [-0.4, -0.2) is 107 Å². The number of fused-ring (bicyclic) bond motifs is 4. The molecule has 0 radical (unpaired) electrons. The van der Waals surface area contributed by atoms with E-state index in [-0.39, 0.29) is 56.8 Å². The Bertz CT molecular complexity index is 1740. The third kappa shape index (κ3) is 9.31. The third-order valence-electron chi connectivity index (χ3n) is 9.48. The summed E-state index contributed by atoms with van der Waals surface area (Å²) in [6.45, 7) is 3.12. The first kappa shape index (κ1) is 35.6. The van der Waals surface area contributed by atoms with Crippen LogP contribution in [0.25, 0.3) is 0 Å². The molecule has 1 aromatic heterocycles. The summed E-state index contributed by atoms with van der Waals surface area (Å²) in [6, 6.07) is 15.2. The van der Waals surface area contributed by atoms with E-state index in [1.165, 1.54) is 11.8 Å². The van der Waals surface area contributed by atoms with Crippen LogP contribution in [0.2, 0.25) is 0 Å². The normalized spacial score (nSPS) is 24.0. The van der Waals surface area contributed by atoms with Crippen molar-refractivity contribution in [3.63, 3.8) is 0 Å². The lowest BCUT2D eigenvalue weighted by molar-refractivity contribution is -0.143. The molecular formula is C37H44N6O8. The number of benzene rings is 2. The molecule has 270 valence electrons. The number of likely N-dealkylation sites (tertiary alicyclic amines) is 1. The zero-order valence-corrected chi connectivity index (χ0v) is 28.7. The Kier molecular flexibility index (Phi) is 11.0. The van der Waals surface area contributed by atoms with Crippen LogP contribution >= 0.6 is 0 Å². The molecule has 14 nitrogen and oxygen atoms in total. The van der Waals surface area contributed by atoms with Gasteiger partial charge in [0.1, 0.15) is 23.6 Å². The molecule has 3 heterocycles. The molecule has 1 saturated heterocycles. The third-order valence-corrected chi connectivity index (χ3v) is 9.48. The SMILES string of the molecule is Cc1cc(CC(=O)N2C[C@@H]3NC(=O)[C@H](Cc4ccccc4)NC(=O)CN(CC4CC4)C(=O)[C@H]([C@@H](C)O)NC(=O)COc4cccc(c4)[C@H]3C2)on1. The van der Waals surface area contributed by atoms with Gasteiger partial charge in [0, 0.05) is 38.0 Å². The second kappa shape index (κ2) is 15.8. The van der Waals surface area contributed by atoms with E-state index in [1.807, 2.05) is 36.4 Å². The molecule has 5 atom stereocenters. The van der Waals surface area contributed by atoms with Gasteiger partial charge in [-0.05, 0) is 55.9 Å². The fourth-order valence-corrected chi connectivity index (χ4v) is 6.64. The summed E-state index contributed by atoms with van der Waals surface area (Å²) in [6.07, 6.45) is 0.708. The maximum absolute atomic E-state index is 14.2. The number of aryl methyl sites for hydroxylation is 1. The van der Waals surface area contributed by atoms with Crippen molar-refractivity contribution in [2.75, 3.05) is 32.8 Å². The molecule has 2 bridgehead atoms. The van der Waals surface area contributed by atoms with Gasteiger partial charge in [0.05, 0.1) is 30.8 Å². The lowest BCUT2D eigenvalue weighted by Gasteiger charge is -2.30. The lowest BCUT2D eigenvalue weighted by Crippen LogP contribution is -2.58. The average molecular weight is 701 g/mol. The molecule has 0 unspecified atom stereocenters. The molecule has 5 amide bonds. The van der Waals surface area contributed by atoms with Crippen molar-refractivity contribution in [2.24, 2.45) is 5.92 Å². The number of carbonyl (C=O) groups excluding carboxylic acids is 5. The highest BCUT2D eigenvalue weighted by Crippen LogP contribution is 2.32. The Labute approximate surface area is 295 Å². The summed E-state index contributed by atoms with van der Waals surface area (Å²) >= 11 is 0. The first-order chi connectivity index (χ1) is 24.5. The molecule has 6 rings (SSSR count). The van der Waals surface area contributed by atoms with Gasteiger partial charge in [0.2, 0.25) is 23.6 Å². The number of aliphatic hydroxyl groups is 1. The zero-order chi connectivity index (χ0) is 36.1. The highest BCUT2D eigenvalue weighted by molar-refractivity contribution is 5.93. The number of nitrogens with one attached hydrogen (secondary N) is 3. The summed E-state index contributed by atoms with van der Waals surface area (Å²) in [4.78, 5) is 71.1. The van der Waals surface area contributed by atoms with Gasteiger partial charge in [0.25, 0.3) is 5.91 Å². The molecule has 3 aliphatic rings. The number of hydrogen-bond acceptors (Lipinski definition) is 9. The molecular weight excluding hydrogens is 656 g/mol. The van der Waals surface area contributed by atoms with Gasteiger partial charge in [-0.3, -0.25) is 24.0 Å². The molecule has 3 aromatic rings. The van der Waals surface area contributed by atoms with Crippen LogP contribution in [0, 0.1) is 12.8 Å². The van der Waals surface area contributed by atoms with Crippen LogP contribution in [0.4, 0.5) is 0 Å². The van der Waals surface area contributed by atoms with Crippen LogP contribution in [0.5, 0.6) is 5.75 Å². The minimum Gasteiger partial charge on any atom is -0.484 e. The predicted octanol–water partition coefficient (Wildman–Crippen LogP) is 0.860. The topological polar surface area (TPSA) is 183 Å². The second-order valence-corrected chi connectivity index (χ2v) is 13.8. The van der Waals surface area contributed by atoms with E-state index in [1.54, 1.807) is 36.1 Å². The van der Waals surface area contributed by atoms with Crippen LogP contribution in [-0.2, 0) is 36.8 Å². The molecule has 0 spiro atoms. The van der Waals surface area contributed by atoms with Crippen LogP contribution in [0.3, 0.4) is 0 Å². The molecule has 2 fully saturated rings. The maximum atomic E-state index is 14.2. The lowest BCUT2D eigenvalue weighted by atomic mass is 9.93. The molecule has 1 saturated carbocycles. The fraction of sp³-hybridized carbons (Fsp3) is 0.459. The average Bonchev–Trinajstić information content (AvgIpc) is 3.68. The van der Waals surface area contributed by atoms with E-state index in [0.717, 1.165) is 24.0 Å². The van der Waals surface area contributed by atoms with Gasteiger partial charge in [-0.15, -0.1) is 0 Å². The van der Waals surface area contributed by atoms with Crippen molar-refractivity contribution in [2.45, 2.75) is 69.7 Å². The Hall–Kier alpha value is -5.24. The van der Waals surface area contributed by atoms with E-state index in [0.29, 0.717) is 17.2 Å². The van der Waals surface area contributed by atoms with E-state index >= 15 is 0 Å². The van der Waals surface area contributed by atoms with E-state index < -0.39 is 54.5 Å². The van der Waals surface area contributed by atoms with Gasteiger partial charge in [-0.25, -0.2) is 0 Å². The van der Waals surface area contributed by atoms with Crippen molar-refractivity contribution >= 4 is 29.5 Å². The molecule has 2 aliphatic heterocycles. The highest BCUT2D eigenvalue weighted by atomic mass is 16.5. The Morgan fingerprint density at radius 2 is 1.76 bits per heavy atom. The van der Waals surface area contributed by atoms with Crippen molar-refractivity contribution in [3.05, 3.63) is 83.2 Å². The van der Waals surface area contributed by atoms with Crippen LogP contribution in [0.15, 0.2) is 65.2 Å². The number of aliphatic hydroxyl groups excluding tert-OH is 1. The summed E-state index contributed by atoms with van der Waals surface area (Å²) < 4.78 is 11.1. The van der Waals surface area contributed by atoms with E-state index in [4.69, 9.17) is 9.26 Å². The fourth-order valence-electron chi connectivity index (χ4n) is 6.64. The monoisotopic (exact) mass is 700 g/mol. The number of rotatable bonds is 7. The number of nitrogens with zero attached hydrogens (tertiary/aromatic N) is 3. The van der Waals surface area contributed by atoms with Crippen LogP contribution in [0.1, 0.15) is 48.3 Å². The Morgan fingerprint density at radius 3 is 2.47 bits per heavy atom. The predicted molar refractivity (Wildman–Crippen MR) is 183 cm³/mol. The number of amides is 5. The van der Waals surface area contributed by atoms with Crippen molar-refractivity contribution in [1.29, 1.82) is 0 Å². The number of carbonyl (C=O) groups is 5. The van der Waals surface area contributed by atoms with Gasteiger partial charge in [-0.2, -0.15) is 0 Å². The Morgan fingerprint density at radius 1 is 0.980 bits per heavy atom. The summed E-state index contributed by atoms with van der Waals surface area (Å²) in [7, 11) is 0. The standard InChI is InChI=1S/C37H44N6O8/c1-22-13-28(51-41-22)16-34(47)42-18-29-26-9-6-10-27(15-26)50-21-33(46)40-35(23(2)44)37(49)43(17-25-11-12-25)20-32(45)38-30(36(48)39-31(29)19-42)14-24-7-4-3-5-8-24/h3-10,13,15,23,25,29-31,35,44H,11-12,14,16-21H2,1-2H3,(H,38,45)(H,39,48)(H,40,46)/t23-,29-,30+,31+,35+/m1/s1. The summed E-state index contributed by atoms with van der Waals surface area (Å²) in [5, 5.41) is 23.0. The first-order valence-corrected chi connectivity index (χ1v) is 17.3. The van der Waals surface area contributed by atoms with Gasteiger partial charge < -0.3 is 40.1 Å². The van der Waals surface area contributed by atoms with Crippen molar-refractivity contribution in [1.82, 2.24) is 30.9 Å². The van der Waals surface area contributed by atoms with Crippen molar-refractivity contribution in [3.8, 4) is 5.75 Å². The smallest absolute Gasteiger partial charge is 0.258 e. The second-order valence-electron chi connectivity index (χ2n) is 13.8. The molecule has 4 N–H and O–H groups in total. The first-order valence-electron chi connectivity index (χ1n) is 17.3. The molecule has 51 heavy (non-hydrogen) atoms. The quantitative estimate of drug-likeness (QED) is 0.278. The summed E-state index contributed by atoms with van der Waals surface area (Å²) in [5.41, 5.74) is 2.24. The number of ether oxygens (including phenoxy) is 1. The molecule has 14 heteroatoms.